The molecular formula is C10H18N2O5S. The van der Waals surface area contributed by atoms with Gasteiger partial charge < -0.3 is 10.1 Å². The zero-order chi connectivity index (χ0) is 13.6. The Morgan fingerprint density at radius 3 is 2.83 bits per heavy atom. The predicted molar refractivity (Wildman–Crippen MR) is 64.2 cm³/mol. The molecule has 104 valence electrons. The Balaban J connectivity index is 2.35. The summed E-state index contributed by atoms with van der Waals surface area (Å²) in [6.45, 7) is 2.19. The highest BCUT2D eigenvalue weighted by atomic mass is 32.2. The van der Waals surface area contributed by atoms with Crippen LogP contribution in [0.4, 0.5) is 0 Å². The fourth-order valence-corrected chi connectivity index (χ4v) is 2.86. The molecule has 1 rings (SSSR count). The second kappa shape index (κ2) is 6.69. The number of carbonyl (C=O) groups excluding carboxylic acids is 2. The van der Waals surface area contributed by atoms with Gasteiger partial charge in [0, 0.05) is 19.0 Å². The molecule has 7 nitrogen and oxygen atoms in total. The van der Waals surface area contributed by atoms with Gasteiger partial charge in [0.2, 0.25) is 15.9 Å². The van der Waals surface area contributed by atoms with Crippen LogP contribution >= 0.6 is 0 Å². The van der Waals surface area contributed by atoms with Crippen LogP contribution in [0.2, 0.25) is 0 Å². The van der Waals surface area contributed by atoms with Crippen LogP contribution in [0.3, 0.4) is 0 Å². The van der Waals surface area contributed by atoms with Gasteiger partial charge >= 0.3 is 5.97 Å². The van der Waals surface area contributed by atoms with E-state index in [0.717, 1.165) is 0 Å². The average Bonchev–Trinajstić information content (AvgIpc) is 2.30. The molecule has 0 aliphatic carbocycles. The molecule has 0 spiro atoms. The molecule has 1 unspecified atom stereocenters. The van der Waals surface area contributed by atoms with Gasteiger partial charge in [-0.3, -0.25) is 9.59 Å². The minimum atomic E-state index is -3.51. The average molecular weight is 278 g/mol. The van der Waals surface area contributed by atoms with E-state index in [2.05, 4.69) is 14.8 Å². The van der Waals surface area contributed by atoms with Crippen LogP contribution < -0.4 is 10.0 Å². The lowest BCUT2D eigenvalue weighted by Crippen LogP contribution is -2.48. The summed E-state index contributed by atoms with van der Waals surface area (Å²) < 4.78 is 30.4. The van der Waals surface area contributed by atoms with Gasteiger partial charge in [0.1, 0.15) is 0 Å². The summed E-state index contributed by atoms with van der Waals surface area (Å²) in [7, 11) is -3.51. The number of carbonyl (C=O) groups is 2. The van der Waals surface area contributed by atoms with Gasteiger partial charge in [-0.2, -0.15) is 0 Å². The lowest BCUT2D eigenvalue weighted by atomic mass is 10.1. The first-order valence-corrected chi connectivity index (χ1v) is 7.50. The molecule has 0 saturated carbocycles. The Kier molecular flexibility index (Phi) is 5.54. The number of amides is 1. The van der Waals surface area contributed by atoms with Crippen LogP contribution in [0.15, 0.2) is 0 Å². The quantitative estimate of drug-likeness (QED) is 0.615. The van der Waals surface area contributed by atoms with Crippen molar-refractivity contribution in [3.05, 3.63) is 0 Å². The van der Waals surface area contributed by atoms with Crippen LogP contribution in [-0.4, -0.2) is 45.2 Å². The second-order valence-electron chi connectivity index (χ2n) is 4.03. The van der Waals surface area contributed by atoms with Gasteiger partial charge in [0.05, 0.1) is 18.8 Å². The summed E-state index contributed by atoms with van der Waals surface area (Å²) in [6, 6.07) is -0.296. The van der Waals surface area contributed by atoms with Crippen LogP contribution in [-0.2, 0) is 24.3 Å². The fraction of sp³-hybridized carbons (Fsp3) is 0.800. The van der Waals surface area contributed by atoms with Crippen molar-refractivity contribution < 1.29 is 22.7 Å². The van der Waals surface area contributed by atoms with Crippen LogP contribution in [0, 0.1) is 0 Å². The first kappa shape index (κ1) is 14.9. The molecule has 0 aromatic heterocycles. The molecule has 8 heteroatoms. The molecule has 0 bridgehead atoms. The summed E-state index contributed by atoms with van der Waals surface area (Å²) >= 11 is 0. The molecule has 18 heavy (non-hydrogen) atoms. The SMILES string of the molecule is CCOC(=O)CCS(=O)(=O)NC1CCC(=O)NC1. The zero-order valence-corrected chi connectivity index (χ0v) is 11.1. The molecule has 0 aromatic rings. The molecule has 0 radical (unpaired) electrons. The number of ether oxygens (including phenoxy) is 1. The summed E-state index contributed by atoms with van der Waals surface area (Å²) in [5.74, 6) is -0.896. The van der Waals surface area contributed by atoms with Gasteiger partial charge in [-0.15, -0.1) is 0 Å². The molecule has 1 heterocycles. The normalized spacial score (nSPS) is 20.3. The van der Waals surface area contributed by atoms with E-state index >= 15 is 0 Å². The Morgan fingerprint density at radius 2 is 2.28 bits per heavy atom. The van der Waals surface area contributed by atoms with E-state index in [4.69, 9.17) is 0 Å². The number of hydrogen-bond acceptors (Lipinski definition) is 5. The van der Waals surface area contributed by atoms with Gasteiger partial charge in [-0.05, 0) is 13.3 Å². The molecule has 1 fully saturated rings. The standard InChI is InChI=1S/C10H18N2O5S/c1-2-17-10(14)5-6-18(15,16)12-8-3-4-9(13)11-7-8/h8,12H,2-7H2,1H3,(H,11,13). The molecule has 1 amide bonds. The molecule has 1 saturated heterocycles. The third kappa shape index (κ3) is 5.46. The number of nitrogens with one attached hydrogen (secondary N) is 2. The lowest BCUT2D eigenvalue weighted by Gasteiger charge is -2.23. The van der Waals surface area contributed by atoms with E-state index in [1.54, 1.807) is 6.92 Å². The van der Waals surface area contributed by atoms with Crippen molar-refractivity contribution in [3.63, 3.8) is 0 Å². The maximum atomic E-state index is 11.7. The third-order valence-corrected chi connectivity index (χ3v) is 3.93. The van der Waals surface area contributed by atoms with Gasteiger partial charge in [0.25, 0.3) is 0 Å². The summed E-state index contributed by atoms with van der Waals surface area (Å²) in [6.07, 6.45) is 0.623. The van der Waals surface area contributed by atoms with E-state index < -0.39 is 16.0 Å². The maximum Gasteiger partial charge on any atom is 0.306 e. The number of piperidine rings is 1. The largest absolute Gasteiger partial charge is 0.466 e. The molecule has 2 N–H and O–H groups in total. The van der Waals surface area contributed by atoms with Crippen molar-refractivity contribution in [2.45, 2.75) is 32.2 Å². The van der Waals surface area contributed by atoms with E-state index in [-0.39, 0.29) is 37.3 Å². The van der Waals surface area contributed by atoms with Crippen molar-refractivity contribution in [2.24, 2.45) is 0 Å². The second-order valence-corrected chi connectivity index (χ2v) is 5.90. The van der Waals surface area contributed by atoms with Crippen LogP contribution in [0.25, 0.3) is 0 Å². The topological polar surface area (TPSA) is 102 Å². The first-order chi connectivity index (χ1) is 8.43. The number of sulfonamides is 1. The molecule has 1 atom stereocenters. The summed E-state index contributed by atoms with van der Waals surface area (Å²) in [4.78, 5) is 22.0. The van der Waals surface area contributed by atoms with Crippen LogP contribution in [0.1, 0.15) is 26.2 Å². The Labute approximate surface area is 106 Å². The molecular weight excluding hydrogens is 260 g/mol. The Morgan fingerprint density at radius 1 is 1.56 bits per heavy atom. The molecule has 1 aliphatic rings. The highest BCUT2D eigenvalue weighted by Gasteiger charge is 2.23. The lowest BCUT2D eigenvalue weighted by molar-refractivity contribution is -0.142. The predicted octanol–water partition coefficient (Wildman–Crippen LogP) is -0.862. The number of rotatable bonds is 6. The molecule has 1 aliphatic heterocycles. The van der Waals surface area contributed by atoms with Crippen molar-refractivity contribution in [3.8, 4) is 0 Å². The zero-order valence-electron chi connectivity index (χ0n) is 10.3. The highest BCUT2D eigenvalue weighted by Crippen LogP contribution is 2.05. The maximum absolute atomic E-state index is 11.7. The third-order valence-electron chi connectivity index (χ3n) is 2.49. The van der Waals surface area contributed by atoms with E-state index in [1.165, 1.54) is 0 Å². The van der Waals surface area contributed by atoms with Crippen molar-refractivity contribution in [2.75, 3.05) is 18.9 Å². The highest BCUT2D eigenvalue weighted by molar-refractivity contribution is 7.89. The summed E-state index contributed by atoms with van der Waals surface area (Å²) in [5.41, 5.74) is 0. The van der Waals surface area contributed by atoms with Crippen molar-refractivity contribution in [1.82, 2.24) is 10.0 Å². The van der Waals surface area contributed by atoms with Gasteiger partial charge in [0.15, 0.2) is 0 Å². The van der Waals surface area contributed by atoms with E-state index in [0.29, 0.717) is 12.8 Å². The van der Waals surface area contributed by atoms with Gasteiger partial charge in [-0.25, -0.2) is 13.1 Å². The van der Waals surface area contributed by atoms with Crippen molar-refractivity contribution >= 4 is 21.9 Å². The van der Waals surface area contributed by atoms with Gasteiger partial charge in [-0.1, -0.05) is 0 Å². The smallest absolute Gasteiger partial charge is 0.306 e. The minimum Gasteiger partial charge on any atom is -0.466 e. The Bertz CT molecular complexity index is 396. The van der Waals surface area contributed by atoms with Crippen molar-refractivity contribution in [1.29, 1.82) is 0 Å². The molecule has 0 aromatic carbocycles. The fourth-order valence-electron chi connectivity index (χ4n) is 1.60. The van der Waals surface area contributed by atoms with E-state index in [9.17, 15) is 18.0 Å². The number of hydrogen-bond donors (Lipinski definition) is 2. The monoisotopic (exact) mass is 278 g/mol. The number of esters is 1. The van der Waals surface area contributed by atoms with E-state index in [1.807, 2.05) is 0 Å². The Hall–Kier alpha value is -1.15. The summed E-state index contributed by atoms with van der Waals surface area (Å²) in [5, 5.41) is 2.58. The first-order valence-electron chi connectivity index (χ1n) is 5.85. The minimum absolute atomic E-state index is 0.0722. The van der Waals surface area contributed by atoms with Crippen LogP contribution in [0.5, 0.6) is 0 Å².